The molecule has 1 aliphatic rings. The molecule has 1 unspecified atom stereocenters. The third kappa shape index (κ3) is 2.16. The van der Waals surface area contributed by atoms with E-state index in [2.05, 4.69) is 37.9 Å². The molecule has 0 spiro atoms. The maximum atomic E-state index is 5.75. The first-order chi connectivity index (χ1) is 7.22. The summed E-state index contributed by atoms with van der Waals surface area (Å²) in [6, 6.07) is 4.59. The zero-order chi connectivity index (χ0) is 10.8. The monoisotopic (exact) mass is 269 g/mol. The van der Waals surface area contributed by atoms with Crippen molar-refractivity contribution in [2.45, 2.75) is 25.8 Å². The van der Waals surface area contributed by atoms with Crippen LogP contribution in [0.3, 0.4) is 0 Å². The normalized spacial score (nSPS) is 21.0. The van der Waals surface area contributed by atoms with E-state index in [1.165, 1.54) is 12.8 Å². The summed E-state index contributed by atoms with van der Waals surface area (Å²) >= 11 is 3.46. The van der Waals surface area contributed by atoms with Crippen LogP contribution >= 0.6 is 15.9 Å². The summed E-state index contributed by atoms with van der Waals surface area (Å²) in [5.74, 6) is 1.06. The largest absolute Gasteiger partial charge is 0.352 e. The van der Waals surface area contributed by atoms with Crippen LogP contribution in [-0.2, 0) is 0 Å². The van der Waals surface area contributed by atoms with Gasteiger partial charge in [-0.25, -0.2) is 4.98 Å². The highest BCUT2D eigenvalue weighted by molar-refractivity contribution is 9.10. The second kappa shape index (κ2) is 4.49. The molecule has 0 radical (unpaired) electrons. The first kappa shape index (κ1) is 10.9. The highest BCUT2D eigenvalue weighted by Gasteiger charge is 2.24. The Bertz CT molecular complexity index is 354. The SMILES string of the molecule is Cc1nc(N2CCCC2CN)ccc1Br. The summed E-state index contributed by atoms with van der Waals surface area (Å²) in [5.41, 5.74) is 6.79. The van der Waals surface area contributed by atoms with E-state index in [-0.39, 0.29) is 0 Å². The van der Waals surface area contributed by atoms with Gasteiger partial charge in [0.15, 0.2) is 0 Å². The number of aryl methyl sites for hydroxylation is 1. The van der Waals surface area contributed by atoms with Crippen molar-refractivity contribution in [2.24, 2.45) is 5.73 Å². The van der Waals surface area contributed by atoms with Crippen molar-refractivity contribution in [3.8, 4) is 0 Å². The number of hydrogen-bond donors (Lipinski definition) is 1. The average molecular weight is 270 g/mol. The Balaban J connectivity index is 2.25. The molecule has 82 valence electrons. The van der Waals surface area contributed by atoms with E-state index in [9.17, 15) is 0 Å². The van der Waals surface area contributed by atoms with Gasteiger partial charge < -0.3 is 10.6 Å². The highest BCUT2D eigenvalue weighted by Crippen LogP contribution is 2.25. The summed E-state index contributed by atoms with van der Waals surface area (Å²) in [4.78, 5) is 6.90. The molecule has 2 N–H and O–H groups in total. The fraction of sp³-hybridized carbons (Fsp3) is 0.545. The molecule has 4 heteroatoms. The van der Waals surface area contributed by atoms with Crippen molar-refractivity contribution in [3.05, 3.63) is 22.3 Å². The lowest BCUT2D eigenvalue weighted by atomic mass is 10.2. The Labute approximate surface area is 98.8 Å². The molecule has 1 aliphatic heterocycles. The quantitative estimate of drug-likeness (QED) is 0.894. The zero-order valence-electron chi connectivity index (χ0n) is 8.91. The van der Waals surface area contributed by atoms with Crippen LogP contribution in [0.5, 0.6) is 0 Å². The lowest BCUT2D eigenvalue weighted by molar-refractivity contribution is 0.670. The number of nitrogens with zero attached hydrogens (tertiary/aromatic N) is 2. The summed E-state index contributed by atoms with van der Waals surface area (Å²) < 4.78 is 1.06. The zero-order valence-corrected chi connectivity index (χ0v) is 10.5. The molecule has 15 heavy (non-hydrogen) atoms. The number of rotatable bonds is 2. The standard InChI is InChI=1S/C11H16BrN3/c1-8-10(12)4-5-11(14-8)15-6-2-3-9(15)7-13/h4-5,9H,2-3,6-7,13H2,1H3. The van der Waals surface area contributed by atoms with Crippen molar-refractivity contribution < 1.29 is 0 Å². The molecule has 2 heterocycles. The van der Waals surface area contributed by atoms with Gasteiger partial charge in [0.25, 0.3) is 0 Å². The topological polar surface area (TPSA) is 42.2 Å². The molecule has 1 aromatic heterocycles. The second-order valence-corrected chi connectivity index (χ2v) is 4.82. The molecular formula is C11H16BrN3. The molecule has 1 fully saturated rings. The minimum absolute atomic E-state index is 0.470. The van der Waals surface area contributed by atoms with E-state index in [1.54, 1.807) is 0 Å². The van der Waals surface area contributed by atoms with Crippen molar-refractivity contribution in [1.82, 2.24) is 4.98 Å². The van der Waals surface area contributed by atoms with Gasteiger partial charge >= 0.3 is 0 Å². The summed E-state index contributed by atoms with van der Waals surface area (Å²) in [6.07, 6.45) is 2.41. The predicted octanol–water partition coefficient (Wildman–Crippen LogP) is 2.08. The van der Waals surface area contributed by atoms with E-state index >= 15 is 0 Å². The Hall–Kier alpha value is -0.610. The maximum Gasteiger partial charge on any atom is 0.129 e. The van der Waals surface area contributed by atoms with Gasteiger partial charge in [0.2, 0.25) is 0 Å². The lowest BCUT2D eigenvalue weighted by Crippen LogP contribution is -2.35. The maximum absolute atomic E-state index is 5.75. The Morgan fingerprint density at radius 3 is 3.07 bits per heavy atom. The van der Waals surface area contributed by atoms with Gasteiger partial charge in [-0.3, -0.25) is 0 Å². The minimum Gasteiger partial charge on any atom is -0.352 e. The van der Waals surface area contributed by atoms with E-state index in [0.717, 1.165) is 29.1 Å². The number of anilines is 1. The Kier molecular flexibility index (Phi) is 3.26. The number of nitrogens with two attached hydrogens (primary N) is 1. The second-order valence-electron chi connectivity index (χ2n) is 3.96. The number of aromatic nitrogens is 1. The van der Waals surface area contributed by atoms with Gasteiger partial charge in [-0.05, 0) is 47.8 Å². The third-order valence-corrected chi connectivity index (χ3v) is 3.79. The number of halogens is 1. The molecule has 1 saturated heterocycles. The van der Waals surface area contributed by atoms with Crippen LogP contribution in [0.15, 0.2) is 16.6 Å². The average Bonchev–Trinajstić information content (AvgIpc) is 2.70. The van der Waals surface area contributed by atoms with Crippen LogP contribution < -0.4 is 10.6 Å². The summed E-state index contributed by atoms with van der Waals surface area (Å²) in [6.45, 7) is 3.81. The van der Waals surface area contributed by atoms with Gasteiger partial charge in [0.05, 0.1) is 5.69 Å². The lowest BCUT2D eigenvalue weighted by Gasteiger charge is -2.24. The first-order valence-electron chi connectivity index (χ1n) is 5.32. The first-order valence-corrected chi connectivity index (χ1v) is 6.11. The molecular weight excluding hydrogens is 254 g/mol. The molecule has 0 amide bonds. The third-order valence-electron chi connectivity index (χ3n) is 2.95. The van der Waals surface area contributed by atoms with E-state index in [0.29, 0.717) is 6.04 Å². The van der Waals surface area contributed by atoms with Crippen LogP contribution in [0.2, 0.25) is 0 Å². The predicted molar refractivity (Wildman–Crippen MR) is 66.1 cm³/mol. The van der Waals surface area contributed by atoms with Gasteiger partial charge in [-0.2, -0.15) is 0 Å². The van der Waals surface area contributed by atoms with Gasteiger partial charge in [0, 0.05) is 23.6 Å². The van der Waals surface area contributed by atoms with Crippen molar-refractivity contribution in [2.75, 3.05) is 18.0 Å². The van der Waals surface area contributed by atoms with Crippen LogP contribution in [-0.4, -0.2) is 24.1 Å². The molecule has 1 aromatic rings. The van der Waals surface area contributed by atoms with E-state index < -0.39 is 0 Å². The van der Waals surface area contributed by atoms with Gasteiger partial charge in [-0.1, -0.05) is 0 Å². The van der Waals surface area contributed by atoms with Crippen molar-refractivity contribution >= 4 is 21.7 Å². The van der Waals surface area contributed by atoms with E-state index in [1.807, 2.05) is 6.92 Å². The molecule has 2 rings (SSSR count). The van der Waals surface area contributed by atoms with Gasteiger partial charge in [-0.15, -0.1) is 0 Å². The van der Waals surface area contributed by atoms with E-state index in [4.69, 9.17) is 5.73 Å². The Morgan fingerprint density at radius 2 is 2.40 bits per heavy atom. The van der Waals surface area contributed by atoms with Crippen molar-refractivity contribution in [1.29, 1.82) is 0 Å². The highest BCUT2D eigenvalue weighted by atomic mass is 79.9. The van der Waals surface area contributed by atoms with Crippen LogP contribution in [0.1, 0.15) is 18.5 Å². The molecule has 0 saturated carbocycles. The Morgan fingerprint density at radius 1 is 1.60 bits per heavy atom. The summed E-state index contributed by atoms with van der Waals surface area (Å²) in [5, 5.41) is 0. The molecule has 0 aliphatic carbocycles. The molecule has 0 aromatic carbocycles. The molecule has 0 bridgehead atoms. The van der Waals surface area contributed by atoms with Crippen LogP contribution in [0.25, 0.3) is 0 Å². The minimum atomic E-state index is 0.470. The van der Waals surface area contributed by atoms with Gasteiger partial charge in [0.1, 0.15) is 5.82 Å². The number of pyridine rings is 1. The van der Waals surface area contributed by atoms with Crippen molar-refractivity contribution in [3.63, 3.8) is 0 Å². The smallest absolute Gasteiger partial charge is 0.129 e. The fourth-order valence-electron chi connectivity index (χ4n) is 2.07. The fourth-order valence-corrected chi connectivity index (χ4v) is 2.29. The molecule has 1 atom stereocenters. The molecule has 3 nitrogen and oxygen atoms in total. The van der Waals surface area contributed by atoms with Crippen LogP contribution in [0, 0.1) is 6.92 Å². The number of hydrogen-bond acceptors (Lipinski definition) is 3. The summed E-state index contributed by atoms with van der Waals surface area (Å²) in [7, 11) is 0. The van der Waals surface area contributed by atoms with Crippen LogP contribution in [0.4, 0.5) is 5.82 Å².